The Labute approximate surface area is 339 Å². The molecular formula is C44H78NO10P. The number of carboxylic acid groups (broad SMARTS) is 1. The number of allylic oxidation sites excluding steroid dienone is 7. The van der Waals surface area contributed by atoms with Crippen molar-refractivity contribution in [3.63, 3.8) is 0 Å². The van der Waals surface area contributed by atoms with Crippen LogP contribution in [0.3, 0.4) is 0 Å². The average molecular weight is 812 g/mol. The first kappa shape index (κ1) is 53.4. The third-order valence-electron chi connectivity index (χ3n) is 9.15. The number of phosphoric acid groups is 1. The van der Waals surface area contributed by atoms with Gasteiger partial charge in [-0.15, -0.1) is 0 Å². The molecular weight excluding hydrogens is 733 g/mol. The maximum absolute atomic E-state index is 12.6. The van der Waals surface area contributed by atoms with Crippen LogP contribution in [-0.2, 0) is 37.5 Å². The molecule has 0 fully saturated rings. The van der Waals surface area contributed by atoms with E-state index in [1.54, 1.807) is 12.2 Å². The van der Waals surface area contributed by atoms with Crippen molar-refractivity contribution in [1.29, 1.82) is 0 Å². The molecule has 0 spiro atoms. The molecule has 0 aromatic rings. The van der Waals surface area contributed by atoms with E-state index in [4.69, 9.17) is 24.8 Å². The Morgan fingerprint density at radius 2 is 1.07 bits per heavy atom. The minimum atomic E-state index is -4.75. The molecule has 4 N–H and O–H groups in total. The van der Waals surface area contributed by atoms with Gasteiger partial charge in [0.1, 0.15) is 12.6 Å². The Hall–Kier alpha value is -2.56. The topological polar surface area (TPSA) is 172 Å². The van der Waals surface area contributed by atoms with E-state index in [0.29, 0.717) is 12.8 Å². The van der Waals surface area contributed by atoms with Gasteiger partial charge < -0.3 is 25.2 Å². The Morgan fingerprint density at radius 3 is 1.59 bits per heavy atom. The van der Waals surface area contributed by atoms with Gasteiger partial charge in [-0.25, -0.2) is 9.36 Å². The molecule has 0 rings (SSSR count). The van der Waals surface area contributed by atoms with E-state index < -0.39 is 57.7 Å². The number of aliphatic carboxylic acids is 1. The van der Waals surface area contributed by atoms with Gasteiger partial charge in [0.25, 0.3) is 0 Å². The zero-order chi connectivity index (χ0) is 41.4. The maximum Gasteiger partial charge on any atom is 0.472 e. The van der Waals surface area contributed by atoms with Crippen LogP contribution in [0.2, 0.25) is 0 Å². The highest BCUT2D eigenvalue weighted by Crippen LogP contribution is 2.43. The van der Waals surface area contributed by atoms with Gasteiger partial charge in [0.15, 0.2) is 6.10 Å². The van der Waals surface area contributed by atoms with Crippen LogP contribution in [-0.4, -0.2) is 59.9 Å². The van der Waals surface area contributed by atoms with Crippen molar-refractivity contribution in [2.24, 2.45) is 5.73 Å². The lowest BCUT2D eigenvalue weighted by atomic mass is 10.1. The molecule has 0 aliphatic heterocycles. The quantitative estimate of drug-likeness (QED) is 0.0134. The number of phosphoric ester groups is 1. The third kappa shape index (κ3) is 38.3. The normalized spacial score (nSPS) is 14.2. The van der Waals surface area contributed by atoms with Crippen molar-refractivity contribution >= 4 is 25.7 Å². The molecule has 0 aliphatic carbocycles. The van der Waals surface area contributed by atoms with E-state index in [2.05, 4.69) is 36.6 Å². The number of nitrogens with two attached hydrogens (primary N) is 1. The number of unbranched alkanes of at least 4 members (excludes halogenated alkanes) is 21. The second kappa shape index (κ2) is 39.3. The Balaban J connectivity index is 4.53. The first-order valence-electron chi connectivity index (χ1n) is 21.7. The summed E-state index contributed by atoms with van der Waals surface area (Å²) in [6.07, 6.45) is 43.9. The average Bonchev–Trinajstić information content (AvgIpc) is 3.17. The smallest absolute Gasteiger partial charge is 0.472 e. The summed E-state index contributed by atoms with van der Waals surface area (Å²) in [7, 11) is -4.75. The summed E-state index contributed by atoms with van der Waals surface area (Å²) in [6, 6.07) is -1.54. The number of carboxylic acids is 1. The molecule has 0 radical (unpaired) electrons. The highest BCUT2D eigenvalue weighted by molar-refractivity contribution is 7.47. The fourth-order valence-electron chi connectivity index (χ4n) is 5.72. The van der Waals surface area contributed by atoms with Crippen LogP contribution in [0.1, 0.15) is 181 Å². The molecule has 0 aromatic heterocycles. The second-order valence-corrected chi connectivity index (χ2v) is 16.0. The largest absolute Gasteiger partial charge is 0.480 e. The zero-order valence-corrected chi connectivity index (χ0v) is 35.9. The Morgan fingerprint density at radius 1 is 0.607 bits per heavy atom. The Kier molecular flexibility index (Phi) is 37.5. The summed E-state index contributed by atoms with van der Waals surface area (Å²) >= 11 is 0. The van der Waals surface area contributed by atoms with Gasteiger partial charge >= 0.3 is 25.7 Å². The molecule has 324 valence electrons. The van der Waals surface area contributed by atoms with Crippen molar-refractivity contribution in [1.82, 2.24) is 0 Å². The summed E-state index contributed by atoms with van der Waals surface area (Å²) in [5, 5.41) is 8.88. The van der Waals surface area contributed by atoms with E-state index in [1.807, 2.05) is 12.2 Å². The van der Waals surface area contributed by atoms with Gasteiger partial charge in [0, 0.05) is 12.5 Å². The number of carbonyl (C=O) groups excluding carboxylic acids is 2. The highest BCUT2D eigenvalue weighted by atomic mass is 31.2. The summed E-state index contributed by atoms with van der Waals surface area (Å²) < 4.78 is 32.4. The second-order valence-electron chi connectivity index (χ2n) is 14.5. The van der Waals surface area contributed by atoms with Crippen LogP contribution in [0, 0.1) is 0 Å². The predicted octanol–water partition coefficient (Wildman–Crippen LogP) is 11.4. The van der Waals surface area contributed by atoms with Gasteiger partial charge in [0.05, 0.1) is 13.2 Å². The molecule has 0 aliphatic rings. The molecule has 0 saturated carbocycles. The van der Waals surface area contributed by atoms with Crippen LogP contribution < -0.4 is 5.73 Å². The number of carbonyl (C=O) groups is 3. The Bertz CT molecular complexity index is 1140. The van der Waals surface area contributed by atoms with Crippen molar-refractivity contribution < 1.29 is 47.5 Å². The van der Waals surface area contributed by atoms with Crippen molar-refractivity contribution in [3.8, 4) is 0 Å². The number of ether oxygens (including phenoxy) is 2. The first-order chi connectivity index (χ1) is 27.1. The lowest BCUT2D eigenvalue weighted by Gasteiger charge is -2.20. The van der Waals surface area contributed by atoms with Crippen LogP contribution in [0.15, 0.2) is 48.6 Å². The molecule has 0 aromatic carbocycles. The first-order valence-corrected chi connectivity index (χ1v) is 23.2. The number of hydrogen-bond acceptors (Lipinski definition) is 9. The molecule has 3 atom stereocenters. The number of esters is 2. The SMILES string of the molecule is CCCCCCCCCCC/C=C/C/C=C/CCCC(=O)O[C@H](COC(=O)/C=C/C=C/CCCCCCCCCCCCC)COP(=O)(O)OC[C@H](N)C(=O)O. The minimum Gasteiger partial charge on any atom is -0.480 e. The van der Waals surface area contributed by atoms with Gasteiger partial charge in [-0.1, -0.05) is 172 Å². The summed E-state index contributed by atoms with van der Waals surface area (Å²) in [5.41, 5.74) is 5.32. The van der Waals surface area contributed by atoms with Crippen molar-refractivity contribution in [2.45, 2.75) is 193 Å². The highest BCUT2D eigenvalue weighted by Gasteiger charge is 2.28. The van der Waals surface area contributed by atoms with E-state index in [1.165, 1.54) is 128 Å². The van der Waals surface area contributed by atoms with Crippen molar-refractivity contribution in [2.75, 3.05) is 19.8 Å². The van der Waals surface area contributed by atoms with Crippen LogP contribution in [0.5, 0.6) is 0 Å². The molecule has 11 nitrogen and oxygen atoms in total. The summed E-state index contributed by atoms with van der Waals surface area (Å²) in [5.74, 6) is -2.70. The van der Waals surface area contributed by atoms with E-state index in [0.717, 1.165) is 25.7 Å². The van der Waals surface area contributed by atoms with E-state index in [-0.39, 0.29) is 6.42 Å². The van der Waals surface area contributed by atoms with Gasteiger partial charge in [-0.05, 0) is 44.9 Å². The van der Waals surface area contributed by atoms with Crippen LogP contribution in [0.4, 0.5) is 0 Å². The minimum absolute atomic E-state index is 0.0772. The fourth-order valence-corrected chi connectivity index (χ4v) is 6.50. The lowest BCUT2D eigenvalue weighted by molar-refractivity contribution is -0.159. The molecule has 0 heterocycles. The molecule has 0 bridgehead atoms. The van der Waals surface area contributed by atoms with Crippen molar-refractivity contribution in [3.05, 3.63) is 48.6 Å². The molecule has 0 saturated heterocycles. The fraction of sp³-hybridized carbons (Fsp3) is 0.750. The predicted molar refractivity (Wildman–Crippen MR) is 226 cm³/mol. The van der Waals surface area contributed by atoms with E-state index in [9.17, 15) is 23.8 Å². The molecule has 0 amide bonds. The van der Waals surface area contributed by atoms with Crippen LogP contribution >= 0.6 is 7.82 Å². The third-order valence-corrected chi connectivity index (χ3v) is 10.1. The lowest BCUT2D eigenvalue weighted by Crippen LogP contribution is -2.34. The standard InChI is InChI=1S/C44H78NO10P/c1-3-5-7-9-11-13-15-17-19-20-22-24-26-28-30-32-34-36-43(47)55-40(38-53-56(50,51)54-39-41(45)44(48)49)37-52-42(46)35-33-31-29-27-25-23-21-18-16-14-12-10-8-6-4-2/h22,24,28-31,33,35,40-41H,3-21,23,25-27,32,34,36-39,45H2,1-2H3,(H,48,49)(H,50,51)/b24-22+,30-28+,31-29+,35-33+/t40-,41+/m1/s1. The summed E-state index contributed by atoms with van der Waals surface area (Å²) in [4.78, 5) is 45.8. The number of rotatable bonds is 40. The molecule has 56 heavy (non-hydrogen) atoms. The van der Waals surface area contributed by atoms with Gasteiger partial charge in [0.2, 0.25) is 0 Å². The van der Waals surface area contributed by atoms with Gasteiger partial charge in [-0.3, -0.25) is 18.6 Å². The maximum atomic E-state index is 12.6. The van der Waals surface area contributed by atoms with Crippen LogP contribution in [0.25, 0.3) is 0 Å². The van der Waals surface area contributed by atoms with Gasteiger partial charge in [-0.2, -0.15) is 0 Å². The molecule has 1 unspecified atom stereocenters. The number of hydrogen-bond donors (Lipinski definition) is 3. The van der Waals surface area contributed by atoms with E-state index >= 15 is 0 Å². The zero-order valence-electron chi connectivity index (χ0n) is 35.0. The monoisotopic (exact) mass is 812 g/mol. The summed E-state index contributed by atoms with van der Waals surface area (Å²) in [6.45, 7) is 2.64. The molecule has 12 heteroatoms.